The average molecular weight is 781 g/mol. The van der Waals surface area contributed by atoms with Crippen LogP contribution >= 0.6 is 0 Å². The molecule has 2 aromatic rings. The van der Waals surface area contributed by atoms with Gasteiger partial charge in [0.2, 0.25) is 0 Å². The quantitative estimate of drug-likeness (QED) is 0.0432. The van der Waals surface area contributed by atoms with E-state index in [0.29, 0.717) is 35.7 Å². The Balaban J connectivity index is 1.60. The van der Waals surface area contributed by atoms with Gasteiger partial charge in [0.15, 0.2) is 0 Å². The van der Waals surface area contributed by atoms with Crippen LogP contribution in [0.3, 0.4) is 0 Å². The Hall–Kier alpha value is -3.75. The second kappa shape index (κ2) is 32.3. The van der Waals surface area contributed by atoms with E-state index in [2.05, 4.69) is 24.5 Å². The molecule has 2 rings (SSSR count). The van der Waals surface area contributed by atoms with Gasteiger partial charge in [-0.1, -0.05) is 179 Å². The van der Waals surface area contributed by atoms with Crippen LogP contribution in [0.25, 0.3) is 0 Å². The van der Waals surface area contributed by atoms with Crippen LogP contribution in [-0.4, -0.2) is 31.6 Å². The summed E-state index contributed by atoms with van der Waals surface area (Å²) in [5, 5.41) is 5.53. The number of rotatable bonds is 32. The van der Waals surface area contributed by atoms with Crippen LogP contribution in [0.2, 0.25) is 0 Å². The van der Waals surface area contributed by atoms with Gasteiger partial charge in [-0.25, -0.2) is 14.4 Å². The van der Waals surface area contributed by atoms with Crippen molar-refractivity contribution in [2.75, 3.05) is 23.8 Å². The monoisotopic (exact) mass is 781 g/mol. The molecule has 0 saturated carbocycles. The van der Waals surface area contributed by atoms with Gasteiger partial charge >= 0.3 is 18.3 Å². The fraction of sp³-hybridized carbons (Fsp3) is 0.681. The molecule has 0 heterocycles. The first-order valence-corrected chi connectivity index (χ1v) is 22.3. The van der Waals surface area contributed by atoms with Crippen LogP contribution in [-0.2, 0) is 18.9 Å². The first-order chi connectivity index (χ1) is 27.3. The molecule has 9 heteroatoms. The van der Waals surface area contributed by atoms with Crippen LogP contribution in [0.1, 0.15) is 205 Å². The molecule has 0 fully saturated rings. The Labute approximate surface area is 339 Å². The van der Waals surface area contributed by atoms with Crippen molar-refractivity contribution in [2.24, 2.45) is 0 Å². The smallest absolute Gasteiger partial charge is 0.449 e. The second-order valence-electron chi connectivity index (χ2n) is 15.3. The second-order valence-corrected chi connectivity index (χ2v) is 15.3. The summed E-state index contributed by atoms with van der Waals surface area (Å²) >= 11 is 0. The molecule has 0 radical (unpaired) electrons. The van der Waals surface area contributed by atoms with E-state index < -0.39 is 30.5 Å². The maximum absolute atomic E-state index is 12.7. The van der Waals surface area contributed by atoms with Gasteiger partial charge in [0, 0.05) is 11.4 Å². The summed E-state index contributed by atoms with van der Waals surface area (Å²) in [6.45, 7) is 8.75. The minimum absolute atomic E-state index is 0.384. The minimum Gasteiger partial charge on any atom is -0.449 e. The van der Waals surface area contributed by atoms with Gasteiger partial charge in [0.1, 0.15) is 12.2 Å². The molecule has 0 aliphatic rings. The van der Waals surface area contributed by atoms with E-state index in [1.165, 1.54) is 128 Å². The van der Waals surface area contributed by atoms with Crippen molar-refractivity contribution < 1.29 is 33.3 Å². The van der Waals surface area contributed by atoms with Crippen molar-refractivity contribution in [3.05, 3.63) is 59.7 Å². The summed E-state index contributed by atoms with van der Waals surface area (Å²) < 4.78 is 21.9. The molecule has 2 amide bonds. The van der Waals surface area contributed by atoms with Crippen LogP contribution in [0.4, 0.5) is 25.8 Å². The highest BCUT2D eigenvalue weighted by molar-refractivity contribution is 5.85. The lowest BCUT2D eigenvalue weighted by Gasteiger charge is -2.18. The maximum Gasteiger partial charge on any atom is 0.509 e. The zero-order valence-corrected chi connectivity index (χ0v) is 35.5. The third kappa shape index (κ3) is 24.7. The normalized spacial score (nSPS) is 12.1. The Kier molecular flexibility index (Phi) is 28.0. The number of hydrogen-bond donors (Lipinski definition) is 2. The molecule has 0 saturated heterocycles. The molecule has 9 nitrogen and oxygen atoms in total. The van der Waals surface area contributed by atoms with E-state index in [1.807, 2.05) is 12.1 Å². The van der Waals surface area contributed by atoms with E-state index in [0.717, 1.165) is 25.7 Å². The first-order valence-electron chi connectivity index (χ1n) is 22.3. The predicted molar refractivity (Wildman–Crippen MR) is 229 cm³/mol. The maximum atomic E-state index is 12.7. The fourth-order valence-corrected chi connectivity index (χ4v) is 6.71. The molecule has 2 unspecified atom stereocenters. The van der Waals surface area contributed by atoms with Crippen molar-refractivity contribution in [3.8, 4) is 0 Å². The van der Waals surface area contributed by atoms with Gasteiger partial charge in [0.05, 0.1) is 13.2 Å². The highest BCUT2D eigenvalue weighted by Gasteiger charge is 2.18. The molecule has 0 aromatic heterocycles. The number of carbonyl (C=O) groups is 3. The molecule has 2 aromatic carbocycles. The Morgan fingerprint density at radius 3 is 1.09 bits per heavy atom. The van der Waals surface area contributed by atoms with Gasteiger partial charge in [-0.15, -0.1) is 0 Å². The minimum atomic E-state index is -0.828. The average Bonchev–Trinajstić information content (AvgIpc) is 3.18. The zero-order chi connectivity index (χ0) is 40.5. The Morgan fingerprint density at radius 1 is 0.464 bits per heavy atom. The third-order valence-electron chi connectivity index (χ3n) is 10.2. The van der Waals surface area contributed by atoms with Crippen molar-refractivity contribution in [1.82, 2.24) is 0 Å². The number of nitrogens with one attached hydrogen (secondary N) is 2. The molecule has 2 N–H and O–H groups in total. The van der Waals surface area contributed by atoms with E-state index in [4.69, 9.17) is 18.9 Å². The van der Waals surface area contributed by atoms with Gasteiger partial charge in [0.25, 0.3) is 0 Å². The third-order valence-corrected chi connectivity index (χ3v) is 10.2. The summed E-state index contributed by atoms with van der Waals surface area (Å²) in [6.07, 6.45) is 27.0. The van der Waals surface area contributed by atoms with Crippen LogP contribution < -0.4 is 10.6 Å². The van der Waals surface area contributed by atoms with E-state index in [9.17, 15) is 14.4 Å². The lowest BCUT2D eigenvalue weighted by molar-refractivity contribution is 0.00625. The molecule has 0 bridgehead atoms. The molecule has 56 heavy (non-hydrogen) atoms. The van der Waals surface area contributed by atoms with Crippen LogP contribution in [0.5, 0.6) is 0 Å². The zero-order valence-electron chi connectivity index (χ0n) is 35.5. The van der Waals surface area contributed by atoms with Gasteiger partial charge in [-0.3, -0.25) is 10.6 Å². The van der Waals surface area contributed by atoms with Crippen molar-refractivity contribution in [3.63, 3.8) is 0 Å². The molecular weight excluding hydrogens is 705 g/mol. The molecule has 2 atom stereocenters. The van der Waals surface area contributed by atoms with Crippen LogP contribution in [0.15, 0.2) is 48.5 Å². The fourth-order valence-electron chi connectivity index (χ4n) is 6.71. The Bertz CT molecular complexity index is 1220. The summed E-state index contributed by atoms with van der Waals surface area (Å²) in [7, 11) is 0. The first kappa shape index (κ1) is 48.4. The highest BCUT2D eigenvalue weighted by atomic mass is 16.7. The number of hydrogen-bond acceptors (Lipinski definition) is 7. The molecule has 316 valence electrons. The number of carbonyl (C=O) groups excluding carboxylic acids is 3. The highest BCUT2D eigenvalue weighted by Crippen LogP contribution is 2.25. The van der Waals surface area contributed by atoms with Crippen molar-refractivity contribution in [1.29, 1.82) is 0 Å². The SMILES string of the molecule is CCCCCCCCCCCCCCOC(=O)Nc1cccc(C(C)OC(=O)OC(C)c2cccc(NC(=O)OCCCCCCCCCCCCCC)c2)c1. The number of anilines is 2. The summed E-state index contributed by atoms with van der Waals surface area (Å²) in [4.78, 5) is 37.5. The molecule has 0 spiro atoms. The van der Waals surface area contributed by atoms with E-state index >= 15 is 0 Å². The topological polar surface area (TPSA) is 112 Å². The lowest BCUT2D eigenvalue weighted by Crippen LogP contribution is -2.16. The van der Waals surface area contributed by atoms with E-state index in [1.54, 1.807) is 50.2 Å². The van der Waals surface area contributed by atoms with Gasteiger partial charge < -0.3 is 18.9 Å². The number of unbranched alkanes of at least 4 members (excludes halogenated alkanes) is 22. The van der Waals surface area contributed by atoms with Crippen molar-refractivity contribution in [2.45, 2.75) is 194 Å². The summed E-state index contributed by atoms with van der Waals surface area (Å²) in [5.74, 6) is 0. The number of amides is 2. The van der Waals surface area contributed by atoms with Crippen LogP contribution in [0, 0.1) is 0 Å². The number of benzene rings is 2. The van der Waals surface area contributed by atoms with Gasteiger partial charge in [-0.05, 0) is 62.1 Å². The lowest BCUT2D eigenvalue weighted by atomic mass is 10.1. The summed E-state index contributed by atoms with van der Waals surface area (Å²) in [6, 6.07) is 14.2. The summed E-state index contributed by atoms with van der Waals surface area (Å²) in [5.41, 5.74) is 2.50. The largest absolute Gasteiger partial charge is 0.509 e. The van der Waals surface area contributed by atoms with Gasteiger partial charge in [-0.2, -0.15) is 0 Å². The Morgan fingerprint density at radius 2 is 0.768 bits per heavy atom. The molecule has 0 aliphatic carbocycles. The standard InChI is InChI=1S/C47H76N2O7/c1-5-7-9-11-13-15-17-19-21-23-25-27-35-53-45(50)48-43-33-29-31-41(37-43)39(3)55-47(52)56-40(4)42-32-30-34-44(38-42)49-46(51)54-36-28-26-24-22-20-18-16-14-12-10-8-6-2/h29-34,37-40H,5-28,35-36H2,1-4H3,(H,48,50)(H,49,51). The number of ether oxygens (including phenoxy) is 4. The van der Waals surface area contributed by atoms with E-state index in [-0.39, 0.29) is 0 Å². The van der Waals surface area contributed by atoms with Crippen molar-refractivity contribution >= 4 is 29.7 Å². The molecular formula is C47H76N2O7. The molecule has 0 aliphatic heterocycles. The predicted octanol–water partition coefficient (Wildman–Crippen LogP) is 15.2.